The van der Waals surface area contributed by atoms with Crippen molar-refractivity contribution in [2.24, 2.45) is 0 Å². The number of rotatable bonds is 3. The Balaban J connectivity index is 2.11. The van der Waals surface area contributed by atoms with Crippen LogP contribution in [0.5, 0.6) is 0 Å². The van der Waals surface area contributed by atoms with Gasteiger partial charge in [0.25, 0.3) is 0 Å². The van der Waals surface area contributed by atoms with Gasteiger partial charge in [0.05, 0.1) is 5.02 Å². The van der Waals surface area contributed by atoms with E-state index in [0.29, 0.717) is 16.4 Å². The summed E-state index contributed by atoms with van der Waals surface area (Å²) in [4.78, 5) is 4.05. The van der Waals surface area contributed by atoms with Crippen molar-refractivity contribution in [2.45, 2.75) is 6.54 Å². The third kappa shape index (κ3) is 3.17. The first-order chi connectivity index (χ1) is 8.56. The Bertz CT molecular complexity index is 526. The van der Waals surface area contributed by atoms with Crippen molar-refractivity contribution in [1.82, 2.24) is 4.98 Å². The van der Waals surface area contributed by atoms with E-state index in [9.17, 15) is 8.78 Å². The van der Waals surface area contributed by atoms with Crippen LogP contribution in [0.4, 0.5) is 14.6 Å². The second-order valence-corrected chi connectivity index (χ2v) is 4.90. The number of hydrogen-bond acceptors (Lipinski definition) is 2. The second kappa shape index (κ2) is 5.63. The van der Waals surface area contributed by atoms with Gasteiger partial charge in [0, 0.05) is 28.8 Å². The standard InChI is InChI=1S/C12H8BrClF2N2/c13-8-3-10(14)12(18-6-8)17-5-7-1-2-9(15)4-11(7)16/h1-4,6H,5H2,(H,17,18). The molecule has 0 amide bonds. The van der Waals surface area contributed by atoms with Gasteiger partial charge >= 0.3 is 0 Å². The molecule has 1 aromatic heterocycles. The van der Waals surface area contributed by atoms with Crippen LogP contribution in [0.1, 0.15) is 5.56 Å². The molecule has 6 heteroatoms. The first-order valence-corrected chi connectivity index (χ1v) is 6.22. The Morgan fingerprint density at radius 1 is 1.28 bits per heavy atom. The average Bonchev–Trinajstić information content (AvgIpc) is 2.30. The smallest absolute Gasteiger partial charge is 0.145 e. The average molecular weight is 334 g/mol. The van der Waals surface area contributed by atoms with Crippen molar-refractivity contribution in [3.63, 3.8) is 0 Å². The summed E-state index contributed by atoms with van der Waals surface area (Å²) < 4.78 is 26.9. The number of nitrogens with zero attached hydrogens (tertiary/aromatic N) is 1. The molecule has 0 aliphatic rings. The molecule has 0 bridgehead atoms. The summed E-state index contributed by atoms with van der Waals surface area (Å²) in [5, 5.41) is 3.31. The predicted octanol–water partition coefficient (Wildman–Crippen LogP) is 4.39. The fourth-order valence-corrected chi connectivity index (χ4v) is 2.08. The molecule has 0 spiro atoms. The molecule has 0 saturated carbocycles. The maximum atomic E-state index is 13.4. The van der Waals surface area contributed by atoms with Gasteiger partial charge in [-0.05, 0) is 28.1 Å². The summed E-state index contributed by atoms with van der Waals surface area (Å²) in [5.74, 6) is -0.754. The van der Waals surface area contributed by atoms with Crippen LogP contribution < -0.4 is 5.32 Å². The molecule has 0 saturated heterocycles. The van der Waals surface area contributed by atoms with Crippen LogP contribution in [0.15, 0.2) is 34.9 Å². The first kappa shape index (κ1) is 13.2. The lowest BCUT2D eigenvalue weighted by atomic mass is 10.2. The van der Waals surface area contributed by atoms with E-state index in [0.717, 1.165) is 10.5 Å². The van der Waals surface area contributed by atoms with Crippen LogP contribution in [-0.4, -0.2) is 4.98 Å². The Hall–Kier alpha value is -1.20. The molecule has 2 rings (SSSR count). The van der Waals surface area contributed by atoms with Gasteiger partial charge in [-0.2, -0.15) is 0 Å². The molecule has 1 aromatic carbocycles. The van der Waals surface area contributed by atoms with E-state index >= 15 is 0 Å². The molecule has 0 fully saturated rings. The zero-order valence-electron chi connectivity index (χ0n) is 9.05. The van der Waals surface area contributed by atoms with Gasteiger partial charge in [0.1, 0.15) is 17.5 Å². The summed E-state index contributed by atoms with van der Waals surface area (Å²) in [6.07, 6.45) is 1.58. The normalized spacial score (nSPS) is 10.4. The predicted molar refractivity (Wildman–Crippen MR) is 70.6 cm³/mol. The van der Waals surface area contributed by atoms with Crippen LogP contribution >= 0.6 is 27.5 Å². The van der Waals surface area contributed by atoms with E-state index in [1.807, 2.05) is 0 Å². The minimum atomic E-state index is -0.601. The highest BCUT2D eigenvalue weighted by molar-refractivity contribution is 9.10. The fourth-order valence-electron chi connectivity index (χ4n) is 1.39. The van der Waals surface area contributed by atoms with Gasteiger partial charge in [-0.1, -0.05) is 17.7 Å². The number of halogens is 4. The topological polar surface area (TPSA) is 24.9 Å². The minimum Gasteiger partial charge on any atom is -0.365 e. The largest absolute Gasteiger partial charge is 0.365 e. The van der Waals surface area contributed by atoms with Crippen molar-refractivity contribution in [3.8, 4) is 0 Å². The van der Waals surface area contributed by atoms with Crippen LogP contribution in [0.2, 0.25) is 5.02 Å². The monoisotopic (exact) mass is 332 g/mol. The van der Waals surface area contributed by atoms with Gasteiger partial charge < -0.3 is 5.32 Å². The number of pyridine rings is 1. The van der Waals surface area contributed by atoms with Crippen LogP contribution in [0, 0.1) is 11.6 Å². The van der Waals surface area contributed by atoms with Crippen molar-refractivity contribution in [3.05, 3.63) is 57.2 Å². The molecular weight excluding hydrogens is 325 g/mol. The fraction of sp³-hybridized carbons (Fsp3) is 0.0833. The third-order valence-corrected chi connectivity index (χ3v) is 2.99. The van der Waals surface area contributed by atoms with Gasteiger partial charge in [0.15, 0.2) is 0 Å². The third-order valence-electron chi connectivity index (χ3n) is 2.27. The van der Waals surface area contributed by atoms with Crippen LogP contribution in [0.25, 0.3) is 0 Å². The van der Waals surface area contributed by atoms with Gasteiger partial charge in [0.2, 0.25) is 0 Å². The zero-order chi connectivity index (χ0) is 13.1. The summed E-state index contributed by atoms with van der Waals surface area (Å²) >= 11 is 9.19. The maximum absolute atomic E-state index is 13.4. The SMILES string of the molecule is Fc1ccc(CNc2ncc(Br)cc2Cl)c(F)c1. The molecule has 2 nitrogen and oxygen atoms in total. The van der Waals surface area contributed by atoms with Crippen molar-refractivity contribution in [2.75, 3.05) is 5.32 Å². The number of aromatic nitrogens is 1. The van der Waals surface area contributed by atoms with E-state index in [2.05, 4.69) is 26.2 Å². The molecule has 1 N–H and O–H groups in total. The van der Waals surface area contributed by atoms with Gasteiger partial charge in [-0.25, -0.2) is 13.8 Å². The molecule has 0 unspecified atom stereocenters. The van der Waals surface area contributed by atoms with Gasteiger partial charge in [-0.3, -0.25) is 0 Å². The Kier molecular flexibility index (Phi) is 4.14. The lowest BCUT2D eigenvalue weighted by molar-refractivity contribution is 0.574. The molecule has 0 atom stereocenters. The van der Waals surface area contributed by atoms with Crippen LogP contribution in [-0.2, 0) is 6.54 Å². The summed E-state index contributed by atoms with van der Waals surface area (Å²) in [5.41, 5.74) is 0.345. The van der Waals surface area contributed by atoms with E-state index < -0.39 is 11.6 Å². The van der Waals surface area contributed by atoms with E-state index in [1.165, 1.54) is 12.1 Å². The van der Waals surface area contributed by atoms with E-state index in [-0.39, 0.29) is 6.54 Å². The number of anilines is 1. The minimum absolute atomic E-state index is 0.181. The van der Waals surface area contributed by atoms with Crippen LogP contribution in [0.3, 0.4) is 0 Å². The highest BCUT2D eigenvalue weighted by atomic mass is 79.9. The Labute approximate surface area is 116 Å². The Morgan fingerprint density at radius 2 is 2.06 bits per heavy atom. The van der Waals surface area contributed by atoms with Gasteiger partial charge in [-0.15, -0.1) is 0 Å². The van der Waals surface area contributed by atoms with Crippen molar-refractivity contribution >= 4 is 33.3 Å². The van der Waals surface area contributed by atoms with E-state index in [1.54, 1.807) is 12.3 Å². The summed E-state index contributed by atoms with van der Waals surface area (Å²) in [6.45, 7) is 0.181. The quantitative estimate of drug-likeness (QED) is 0.901. The summed E-state index contributed by atoms with van der Waals surface area (Å²) in [6, 6.07) is 5.10. The second-order valence-electron chi connectivity index (χ2n) is 3.57. The number of nitrogens with one attached hydrogen (secondary N) is 1. The molecular formula is C12H8BrClF2N2. The highest BCUT2D eigenvalue weighted by Gasteiger charge is 2.06. The maximum Gasteiger partial charge on any atom is 0.145 e. The van der Waals surface area contributed by atoms with Crippen molar-refractivity contribution < 1.29 is 8.78 Å². The number of benzene rings is 1. The van der Waals surface area contributed by atoms with Crippen molar-refractivity contribution in [1.29, 1.82) is 0 Å². The highest BCUT2D eigenvalue weighted by Crippen LogP contribution is 2.23. The molecule has 1 heterocycles. The summed E-state index contributed by atoms with van der Waals surface area (Å²) in [7, 11) is 0. The molecule has 0 aliphatic carbocycles. The Morgan fingerprint density at radius 3 is 2.72 bits per heavy atom. The first-order valence-electron chi connectivity index (χ1n) is 5.05. The van der Waals surface area contributed by atoms with E-state index in [4.69, 9.17) is 11.6 Å². The molecule has 2 aromatic rings. The lowest BCUT2D eigenvalue weighted by Crippen LogP contribution is -2.04. The zero-order valence-corrected chi connectivity index (χ0v) is 11.4. The molecule has 94 valence electrons. The molecule has 18 heavy (non-hydrogen) atoms. The number of hydrogen-bond donors (Lipinski definition) is 1. The lowest BCUT2D eigenvalue weighted by Gasteiger charge is -2.08. The molecule has 0 radical (unpaired) electrons. The molecule has 0 aliphatic heterocycles.